The summed E-state index contributed by atoms with van der Waals surface area (Å²) in [5, 5.41) is 2.30. The summed E-state index contributed by atoms with van der Waals surface area (Å²) in [5.74, 6) is 2.37. The van der Waals surface area contributed by atoms with E-state index in [0.29, 0.717) is 6.67 Å². The molecule has 12 rings (SSSR count). The fourth-order valence-corrected chi connectivity index (χ4v) is 10.2. The number of hydrogen-bond acceptors (Lipinski definition) is 4. The summed E-state index contributed by atoms with van der Waals surface area (Å²) in [5.41, 5.74) is 18.6. The molecule has 0 radical (unpaired) electrons. The van der Waals surface area contributed by atoms with Crippen LogP contribution in [0.4, 0.5) is 22.7 Å². The molecule has 70 heavy (non-hydrogen) atoms. The summed E-state index contributed by atoms with van der Waals surface area (Å²) >= 11 is 0. The lowest BCUT2D eigenvalue weighted by Crippen LogP contribution is -2.24. The van der Waals surface area contributed by atoms with Gasteiger partial charge in [0.1, 0.15) is 24.0 Å². The minimum atomic E-state index is 0.0851. The van der Waals surface area contributed by atoms with Gasteiger partial charge in [-0.3, -0.25) is 4.57 Å². The van der Waals surface area contributed by atoms with Crippen LogP contribution in [0.3, 0.4) is 0 Å². The summed E-state index contributed by atoms with van der Waals surface area (Å²) < 4.78 is 9.17. The molecule has 0 bridgehead atoms. The first kappa shape index (κ1) is 42.7. The summed E-state index contributed by atoms with van der Waals surface area (Å²) in [7, 11) is 0. The van der Waals surface area contributed by atoms with Crippen LogP contribution >= 0.6 is 0 Å². The fourth-order valence-electron chi connectivity index (χ4n) is 10.2. The SMILES string of the molecule is Cc1cc(-n2c3ccc(-c4ccc(C(C)(C)C)cc4)cc3c3ccc(Oc4cccc(N5CN(c6c(-c7ccccc7)cccc6-c6ccccc6)c6ccccc65)c4)cc32)ncc1-c1ccccc1. The number of aromatic nitrogens is 2. The van der Waals surface area contributed by atoms with Crippen molar-refractivity contribution in [3.8, 4) is 61.8 Å². The molecule has 9 aromatic carbocycles. The van der Waals surface area contributed by atoms with Crippen molar-refractivity contribution in [1.29, 1.82) is 0 Å². The Labute approximate surface area is 410 Å². The van der Waals surface area contributed by atoms with E-state index in [1.807, 2.05) is 12.3 Å². The van der Waals surface area contributed by atoms with E-state index in [-0.39, 0.29) is 5.41 Å². The largest absolute Gasteiger partial charge is 0.457 e. The van der Waals surface area contributed by atoms with Gasteiger partial charge in [-0.2, -0.15) is 0 Å². The summed E-state index contributed by atoms with van der Waals surface area (Å²) in [6.07, 6.45) is 2.01. The van der Waals surface area contributed by atoms with Crippen LogP contribution in [0.25, 0.3) is 72.1 Å². The molecule has 5 nitrogen and oxygen atoms in total. The van der Waals surface area contributed by atoms with E-state index in [0.717, 1.165) is 72.9 Å². The Hall–Kier alpha value is -8.67. The van der Waals surface area contributed by atoms with Gasteiger partial charge in [-0.25, -0.2) is 4.98 Å². The first-order valence-corrected chi connectivity index (χ1v) is 24.1. The minimum Gasteiger partial charge on any atom is -0.457 e. The number of fused-ring (bicyclic) bond motifs is 4. The van der Waals surface area contributed by atoms with Crippen molar-refractivity contribution in [3.63, 3.8) is 0 Å². The zero-order valence-electron chi connectivity index (χ0n) is 39.8. The van der Waals surface area contributed by atoms with Gasteiger partial charge in [0.2, 0.25) is 0 Å². The second kappa shape index (κ2) is 17.4. The molecule has 0 amide bonds. The predicted octanol–water partition coefficient (Wildman–Crippen LogP) is 17.5. The molecule has 0 atom stereocenters. The van der Waals surface area contributed by atoms with Crippen molar-refractivity contribution in [2.24, 2.45) is 0 Å². The molecule has 2 aromatic heterocycles. The van der Waals surface area contributed by atoms with Crippen molar-refractivity contribution in [2.75, 3.05) is 16.5 Å². The van der Waals surface area contributed by atoms with E-state index < -0.39 is 0 Å². The van der Waals surface area contributed by atoms with Crippen LogP contribution in [0, 0.1) is 6.92 Å². The zero-order valence-corrected chi connectivity index (χ0v) is 39.8. The van der Waals surface area contributed by atoms with E-state index in [9.17, 15) is 0 Å². The highest BCUT2D eigenvalue weighted by atomic mass is 16.5. The average Bonchev–Trinajstić information content (AvgIpc) is 3.94. The molecule has 338 valence electrons. The van der Waals surface area contributed by atoms with Crippen molar-refractivity contribution in [3.05, 3.63) is 242 Å². The van der Waals surface area contributed by atoms with Gasteiger partial charge in [-0.05, 0) is 106 Å². The van der Waals surface area contributed by atoms with Gasteiger partial charge in [0.15, 0.2) is 0 Å². The molecule has 11 aromatic rings. The highest BCUT2D eigenvalue weighted by molar-refractivity contribution is 6.11. The number of rotatable bonds is 9. The Morgan fingerprint density at radius 2 is 1.03 bits per heavy atom. The first-order chi connectivity index (χ1) is 34.2. The number of aryl methyl sites for hydroxylation is 1. The van der Waals surface area contributed by atoms with Gasteiger partial charge >= 0.3 is 0 Å². The fraction of sp³-hybridized carbons (Fsp3) is 0.0923. The van der Waals surface area contributed by atoms with Crippen LogP contribution in [0.2, 0.25) is 0 Å². The lowest BCUT2D eigenvalue weighted by Gasteiger charge is -2.27. The molecule has 0 fully saturated rings. The Balaban J connectivity index is 0.927. The van der Waals surface area contributed by atoms with Gasteiger partial charge in [-0.1, -0.05) is 178 Å². The third kappa shape index (κ3) is 7.76. The van der Waals surface area contributed by atoms with Crippen molar-refractivity contribution < 1.29 is 4.74 Å². The Morgan fingerprint density at radius 1 is 0.443 bits per heavy atom. The van der Waals surface area contributed by atoms with Crippen molar-refractivity contribution in [2.45, 2.75) is 33.1 Å². The number of hydrogen-bond donors (Lipinski definition) is 0. The number of anilines is 4. The second-order valence-electron chi connectivity index (χ2n) is 19.3. The molecule has 3 heterocycles. The monoisotopic (exact) mass is 904 g/mol. The maximum Gasteiger partial charge on any atom is 0.137 e. The van der Waals surface area contributed by atoms with Gasteiger partial charge < -0.3 is 14.5 Å². The van der Waals surface area contributed by atoms with Crippen LogP contribution < -0.4 is 14.5 Å². The maximum absolute atomic E-state index is 6.89. The molecule has 0 saturated heterocycles. The molecule has 0 unspecified atom stereocenters. The van der Waals surface area contributed by atoms with Crippen LogP contribution in [0.5, 0.6) is 11.5 Å². The van der Waals surface area contributed by atoms with Crippen molar-refractivity contribution >= 4 is 44.6 Å². The molecular formula is C65H52N4O. The minimum absolute atomic E-state index is 0.0851. The molecule has 0 aliphatic carbocycles. The first-order valence-electron chi connectivity index (χ1n) is 24.1. The third-order valence-electron chi connectivity index (χ3n) is 13.8. The van der Waals surface area contributed by atoms with E-state index in [1.54, 1.807) is 0 Å². The predicted molar refractivity (Wildman–Crippen MR) is 292 cm³/mol. The Kier molecular flexibility index (Phi) is 10.6. The number of ether oxygens (including phenoxy) is 1. The smallest absolute Gasteiger partial charge is 0.137 e. The van der Waals surface area contributed by atoms with Gasteiger partial charge in [0.25, 0.3) is 0 Å². The van der Waals surface area contributed by atoms with Crippen LogP contribution in [-0.4, -0.2) is 16.2 Å². The zero-order chi connectivity index (χ0) is 47.3. The number of nitrogens with zero attached hydrogens (tertiary/aromatic N) is 4. The summed E-state index contributed by atoms with van der Waals surface area (Å²) in [6, 6.07) is 80.3. The molecular weight excluding hydrogens is 853 g/mol. The number of benzene rings is 9. The van der Waals surface area contributed by atoms with E-state index in [2.05, 4.69) is 260 Å². The van der Waals surface area contributed by atoms with Crippen LogP contribution in [0.15, 0.2) is 231 Å². The Bertz CT molecular complexity index is 3650. The highest BCUT2D eigenvalue weighted by Crippen LogP contribution is 2.50. The molecule has 5 heteroatoms. The number of para-hydroxylation sites is 3. The molecule has 1 aliphatic heterocycles. The van der Waals surface area contributed by atoms with Gasteiger partial charge in [-0.15, -0.1) is 0 Å². The van der Waals surface area contributed by atoms with E-state index >= 15 is 0 Å². The van der Waals surface area contributed by atoms with Gasteiger partial charge in [0, 0.05) is 51.5 Å². The van der Waals surface area contributed by atoms with Gasteiger partial charge in [0.05, 0.1) is 28.1 Å². The topological polar surface area (TPSA) is 33.5 Å². The third-order valence-corrected chi connectivity index (χ3v) is 13.8. The summed E-state index contributed by atoms with van der Waals surface area (Å²) in [4.78, 5) is 10.0. The van der Waals surface area contributed by atoms with Crippen molar-refractivity contribution in [1.82, 2.24) is 9.55 Å². The lowest BCUT2D eigenvalue weighted by molar-refractivity contribution is 0.483. The van der Waals surface area contributed by atoms with Crippen LogP contribution in [-0.2, 0) is 5.41 Å². The summed E-state index contributed by atoms with van der Waals surface area (Å²) in [6.45, 7) is 9.57. The molecule has 1 aliphatic rings. The highest BCUT2D eigenvalue weighted by Gasteiger charge is 2.31. The average molecular weight is 905 g/mol. The maximum atomic E-state index is 6.89. The molecule has 0 N–H and O–H groups in total. The second-order valence-corrected chi connectivity index (χ2v) is 19.3. The van der Waals surface area contributed by atoms with E-state index in [1.165, 1.54) is 44.6 Å². The molecule has 0 spiro atoms. The van der Waals surface area contributed by atoms with Crippen LogP contribution in [0.1, 0.15) is 31.9 Å². The Morgan fingerprint density at radius 3 is 1.67 bits per heavy atom. The van der Waals surface area contributed by atoms with E-state index in [4.69, 9.17) is 9.72 Å². The standard InChI is InChI=1S/C65H52N4O/c1-44-38-63(66-42-58(44)48-22-12-7-13-23-48)69-59-37-32-49(45-30-33-50(34-31-45)65(2,3)4)39-57(59)56-36-35-53(41-62(56)69)70-52-25-16-24-51(40-52)67-43-68(61-29-15-14-28-60(61)67)64-54(46-18-8-5-9-19-46)26-17-27-55(64)47-20-10-6-11-21-47/h5-42H,43H2,1-4H3. The molecule has 0 saturated carbocycles. The lowest BCUT2D eigenvalue weighted by atomic mass is 9.86. The number of pyridine rings is 1. The normalized spacial score (nSPS) is 12.5. The quantitative estimate of drug-likeness (QED) is 0.144.